The third kappa shape index (κ3) is 3.29. The van der Waals surface area contributed by atoms with Crippen LogP contribution in [0.1, 0.15) is 0 Å². The SMILES string of the molecule is c1ccc(-c2nc(-c3ccccc3)nc(-c3ccc4oc5cc6c(cc5c4c3)oc3ccccc36)n2)cc1. The average Bonchev–Trinajstić information content (AvgIpc) is 3.53. The number of hydrogen-bond acceptors (Lipinski definition) is 5. The van der Waals surface area contributed by atoms with E-state index in [1.54, 1.807) is 0 Å². The Morgan fingerprint density at radius 3 is 1.45 bits per heavy atom. The van der Waals surface area contributed by atoms with Crippen LogP contribution in [0.2, 0.25) is 0 Å². The molecular formula is C33H19N3O2. The highest BCUT2D eigenvalue weighted by Gasteiger charge is 2.16. The van der Waals surface area contributed by atoms with E-state index in [2.05, 4.69) is 24.3 Å². The van der Waals surface area contributed by atoms with Crippen LogP contribution < -0.4 is 0 Å². The van der Waals surface area contributed by atoms with Crippen molar-refractivity contribution in [1.82, 2.24) is 15.0 Å². The molecule has 0 saturated carbocycles. The summed E-state index contributed by atoms with van der Waals surface area (Å²) in [5, 5.41) is 4.11. The van der Waals surface area contributed by atoms with Crippen molar-refractivity contribution in [3.8, 4) is 34.2 Å². The number of nitrogens with zero attached hydrogens (tertiary/aromatic N) is 3. The Labute approximate surface area is 217 Å². The van der Waals surface area contributed by atoms with Gasteiger partial charge in [-0.25, -0.2) is 15.0 Å². The topological polar surface area (TPSA) is 65.0 Å². The first-order valence-electron chi connectivity index (χ1n) is 12.4. The highest BCUT2D eigenvalue weighted by atomic mass is 16.3. The molecule has 0 saturated heterocycles. The van der Waals surface area contributed by atoms with E-state index in [0.717, 1.165) is 60.6 Å². The Hall–Kier alpha value is -5.29. The Balaban J connectivity index is 1.34. The summed E-state index contributed by atoms with van der Waals surface area (Å²) in [6, 6.07) is 38.3. The van der Waals surface area contributed by atoms with Crippen LogP contribution in [0, 0.1) is 0 Å². The molecule has 0 aliphatic rings. The second-order valence-corrected chi connectivity index (χ2v) is 9.29. The van der Waals surface area contributed by atoms with Gasteiger partial charge in [0.2, 0.25) is 0 Å². The fourth-order valence-electron chi connectivity index (χ4n) is 5.07. The minimum absolute atomic E-state index is 0.610. The van der Waals surface area contributed by atoms with E-state index in [1.807, 2.05) is 91.0 Å². The van der Waals surface area contributed by atoms with Crippen molar-refractivity contribution in [2.45, 2.75) is 0 Å². The molecule has 178 valence electrons. The molecule has 0 atom stereocenters. The molecule has 8 aromatic rings. The summed E-state index contributed by atoms with van der Waals surface area (Å²) in [4.78, 5) is 14.6. The zero-order valence-corrected chi connectivity index (χ0v) is 20.1. The van der Waals surface area contributed by atoms with Gasteiger partial charge in [0.1, 0.15) is 22.3 Å². The molecule has 0 bridgehead atoms. The van der Waals surface area contributed by atoms with Crippen molar-refractivity contribution in [2.75, 3.05) is 0 Å². The fraction of sp³-hybridized carbons (Fsp3) is 0. The molecule has 0 amide bonds. The van der Waals surface area contributed by atoms with E-state index in [0.29, 0.717) is 17.5 Å². The van der Waals surface area contributed by atoms with Crippen molar-refractivity contribution >= 4 is 43.9 Å². The average molecular weight is 490 g/mol. The molecular weight excluding hydrogens is 470 g/mol. The molecule has 8 rings (SSSR count). The van der Waals surface area contributed by atoms with Crippen LogP contribution in [0.3, 0.4) is 0 Å². The summed E-state index contributed by atoms with van der Waals surface area (Å²) >= 11 is 0. The van der Waals surface area contributed by atoms with E-state index < -0.39 is 0 Å². The predicted molar refractivity (Wildman–Crippen MR) is 151 cm³/mol. The zero-order valence-electron chi connectivity index (χ0n) is 20.1. The number of hydrogen-bond donors (Lipinski definition) is 0. The van der Waals surface area contributed by atoms with Crippen molar-refractivity contribution in [1.29, 1.82) is 0 Å². The highest BCUT2D eigenvalue weighted by Crippen LogP contribution is 2.38. The summed E-state index contributed by atoms with van der Waals surface area (Å²) < 4.78 is 12.4. The van der Waals surface area contributed by atoms with Gasteiger partial charge in [0, 0.05) is 38.2 Å². The van der Waals surface area contributed by atoms with E-state index in [-0.39, 0.29) is 0 Å². The molecule has 0 fully saturated rings. The van der Waals surface area contributed by atoms with Gasteiger partial charge in [-0.3, -0.25) is 0 Å². The number of benzene rings is 5. The largest absolute Gasteiger partial charge is 0.456 e. The minimum atomic E-state index is 0.610. The summed E-state index contributed by atoms with van der Waals surface area (Å²) in [5.74, 6) is 1.88. The molecule has 0 aliphatic heterocycles. The van der Waals surface area contributed by atoms with Gasteiger partial charge in [-0.1, -0.05) is 78.9 Å². The maximum atomic E-state index is 6.26. The first-order chi connectivity index (χ1) is 18.8. The predicted octanol–water partition coefficient (Wildman–Crippen LogP) is 8.67. The van der Waals surface area contributed by atoms with Crippen molar-refractivity contribution in [3.63, 3.8) is 0 Å². The Kier molecular flexibility index (Phi) is 4.45. The Bertz CT molecular complexity index is 2070. The molecule has 0 spiro atoms. The second kappa shape index (κ2) is 8.11. The molecule has 3 heterocycles. The van der Waals surface area contributed by atoms with E-state index in [9.17, 15) is 0 Å². The Morgan fingerprint density at radius 1 is 0.342 bits per heavy atom. The van der Waals surface area contributed by atoms with Crippen LogP contribution in [-0.2, 0) is 0 Å². The number of aromatic nitrogens is 3. The third-order valence-corrected chi connectivity index (χ3v) is 6.93. The van der Waals surface area contributed by atoms with Gasteiger partial charge in [-0.05, 0) is 36.4 Å². The first kappa shape index (κ1) is 20.9. The van der Waals surface area contributed by atoms with Gasteiger partial charge in [0.15, 0.2) is 17.5 Å². The summed E-state index contributed by atoms with van der Waals surface area (Å²) in [7, 11) is 0. The summed E-state index contributed by atoms with van der Waals surface area (Å²) in [6.45, 7) is 0. The smallest absolute Gasteiger partial charge is 0.164 e. The first-order valence-corrected chi connectivity index (χ1v) is 12.4. The van der Waals surface area contributed by atoms with Crippen LogP contribution >= 0.6 is 0 Å². The van der Waals surface area contributed by atoms with Gasteiger partial charge >= 0.3 is 0 Å². The quantitative estimate of drug-likeness (QED) is 0.248. The van der Waals surface area contributed by atoms with Crippen molar-refractivity contribution < 1.29 is 8.83 Å². The number of fused-ring (bicyclic) bond motifs is 6. The van der Waals surface area contributed by atoms with Gasteiger partial charge in [0.05, 0.1) is 0 Å². The van der Waals surface area contributed by atoms with Crippen LogP contribution in [0.15, 0.2) is 124 Å². The third-order valence-electron chi connectivity index (χ3n) is 6.93. The lowest BCUT2D eigenvalue weighted by Gasteiger charge is -2.08. The molecule has 0 aliphatic carbocycles. The molecule has 5 heteroatoms. The van der Waals surface area contributed by atoms with Crippen LogP contribution in [-0.4, -0.2) is 15.0 Å². The zero-order chi connectivity index (χ0) is 25.1. The van der Waals surface area contributed by atoms with Crippen LogP contribution in [0.25, 0.3) is 78.0 Å². The highest BCUT2D eigenvalue weighted by molar-refractivity contribution is 6.15. The lowest BCUT2D eigenvalue weighted by molar-refractivity contribution is 0.664. The molecule has 0 radical (unpaired) electrons. The molecule has 3 aromatic heterocycles. The maximum Gasteiger partial charge on any atom is 0.164 e. The van der Waals surface area contributed by atoms with E-state index in [1.165, 1.54) is 0 Å². The van der Waals surface area contributed by atoms with E-state index >= 15 is 0 Å². The van der Waals surface area contributed by atoms with Crippen LogP contribution in [0.5, 0.6) is 0 Å². The van der Waals surface area contributed by atoms with Gasteiger partial charge < -0.3 is 8.83 Å². The normalized spacial score (nSPS) is 11.7. The molecule has 5 nitrogen and oxygen atoms in total. The number of para-hydroxylation sites is 1. The molecule has 5 aromatic carbocycles. The number of furan rings is 2. The van der Waals surface area contributed by atoms with Crippen LogP contribution in [0.4, 0.5) is 0 Å². The van der Waals surface area contributed by atoms with Crippen molar-refractivity contribution in [2.24, 2.45) is 0 Å². The fourth-order valence-corrected chi connectivity index (χ4v) is 5.07. The standard InChI is InChI=1S/C33H19N3O2/c1-3-9-20(10-4-1)31-34-32(21-11-5-2-6-12-21)36-33(35-31)22-15-16-28-24(17-22)26-19-29-25(18-30(26)38-28)23-13-7-8-14-27(23)37-29/h1-19H. The van der Waals surface area contributed by atoms with Crippen molar-refractivity contribution in [3.05, 3.63) is 115 Å². The molecule has 0 unspecified atom stereocenters. The van der Waals surface area contributed by atoms with E-state index in [4.69, 9.17) is 23.8 Å². The minimum Gasteiger partial charge on any atom is -0.456 e. The van der Waals surface area contributed by atoms with Gasteiger partial charge in [-0.15, -0.1) is 0 Å². The summed E-state index contributed by atoms with van der Waals surface area (Å²) in [5.41, 5.74) is 6.10. The van der Waals surface area contributed by atoms with Gasteiger partial charge in [0.25, 0.3) is 0 Å². The summed E-state index contributed by atoms with van der Waals surface area (Å²) in [6.07, 6.45) is 0. The van der Waals surface area contributed by atoms with Gasteiger partial charge in [-0.2, -0.15) is 0 Å². The monoisotopic (exact) mass is 489 g/mol. The number of rotatable bonds is 3. The molecule has 38 heavy (non-hydrogen) atoms. The second-order valence-electron chi connectivity index (χ2n) is 9.29. The lowest BCUT2D eigenvalue weighted by atomic mass is 10.1. The lowest BCUT2D eigenvalue weighted by Crippen LogP contribution is -2.00. The Morgan fingerprint density at radius 2 is 0.816 bits per heavy atom. The maximum absolute atomic E-state index is 6.26. The molecule has 0 N–H and O–H groups in total.